The van der Waals surface area contributed by atoms with E-state index in [0.717, 1.165) is 12.3 Å². The second-order valence-electron chi connectivity index (χ2n) is 4.20. The largest absolute Gasteiger partial charge is 0.313 e. The Kier molecular flexibility index (Phi) is 5.88. The molecule has 16 heavy (non-hydrogen) atoms. The number of nitrogens with one attached hydrogen (secondary N) is 1. The number of hydrogen-bond acceptors (Lipinski definition) is 3. The summed E-state index contributed by atoms with van der Waals surface area (Å²) in [6.45, 7) is 3.32. The molecule has 90 valence electrons. The van der Waals surface area contributed by atoms with E-state index in [2.05, 4.69) is 55.5 Å². The number of nitrogens with zero attached hydrogens (tertiary/aromatic N) is 1. The number of hydrogen-bond donors (Lipinski definition) is 1. The first kappa shape index (κ1) is 13.6. The van der Waals surface area contributed by atoms with E-state index < -0.39 is 0 Å². The van der Waals surface area contributed by atoms with Crippen molar-refractivity contribution in [1.29, 1.82) is 0 Å². The molecule has 1 N–H and O–H groups in total. The molecule has 0 aliphatic rings. The first-order valence-electron chi connectivity index (χ1n) is 5.69. The predicted molar refractivity (Wildman–Crippen MR) is 73.2 cm³/mol. The Morgan fingerprint density at radius 3 is 2.62 bits per heavy atom. The summed E-state index contributed by atoms with van der Waals surface area (Å²) in [7, 11) is 6.23. The van der Waals surface area contributed by atoms with Crippen LogP contribution in [0.25, 0.3) is 0 Å². The molecule has 0 bridgehead atoms. The van der Waals surface area contributed by atoms with Crippen LogP contribution in [0.2, 0.25) is 0 Å². The highest BCUT2D eigenvalue weighted by molar-refractivity contribution is 7.99. The highest BCUT2D eigenvalue weighted by atomic mass is 32.2. The topological polar surface area (TPSA) is 15.3 Å². The van der Waals surface area contributed by atoms with E-state index in [1.165, 1.54) is 10.5 Å². The van der Waals surface area contributed by atoms with Crippen LogP contribution in [0.3, 0.4) is 0 Å². The summed E-state index contributed by atoms with van der Waals surface area (Å²) in [5.41, 5.74) is 1.40. The smallest absolute Gasteiger partial charge is 0.0300 e. The Bertz CT molecular complexity index is 313. The molecular formula is C13H22N2S. The van der Waals surface area contributed by atoms with Gasteiger partial charge in [0.1, 0.15) is 0 Å². The molecule has 2 nitrogen and oxygen atoms in total. The third kappa shape index (κ3) is 4.16. The zero-order chi connectivity index (χ0) is 12.0. The van der Waals surface area contributed by atoms with Crippen molar-refractivity contribution < 1.29 is 0 Å². The van der Waals surface area contributed by atoms with Gasteiger partial charge >= 0.3 is 0 Å². The molecule has 1 atom stereocenters. The first-order valence-corrected chi connectivity index (χ1v) is 6.67. The van der Waals surface area contributed by atoms with Gasteiger partial charge < -0.3 is 10.2 Å². The van der Waals surface area contributed by atoms with E-state index in [9.17, 15) is 0 Å². The molecule has 1 rings (SSSR count). The van der Waals surface area contributed by atoms with Crippen molar-refractivity contribution in [3.05, 3.63) is 29.8 Å². The van der Waals surface area contributed by atoms with Crippen LogP contribution in [0.15, 0.2) is 29.2 Å². The molecule has 3 heteroatoms. The molecule has 0 saturated heterocycles. The van der Waals surface area contributed by atoms with Gasteiger partial charge in [-0.05, 0) is 39.7 Å². The molecule has 0 spiro atoms. The molecular weight excluding hydrogens is 216 g/mol. The highest BCUT2D eigenvalue weighted by Crippen LogP contribution is 2.26. The summed E-state index contributed by atoms with van der Waals surface area (Å²) in [6.07, 6.45) is 0. The van der Waals surface area contributed by atoms with Crippen molar-refractivity contribution in [3.8, 4) is 0 Å². The van der Waals surface area contributed by atoms with Crippen molar-refractivity contribution in [2.24, 2.45) is 0 Å². The lowest BCUT2D eigenvalue weighted by molar-refractivity contribution is 0.437. The molecule has 1 unspecified atom stereocenters. The summed E-state index contributed by atoms with van der Waals surface area (Å²) in [5.74, 6) is 1.14. The Balaban J connectivity index is 2.64. The van der Waals surface area contributed by atoms with Gasteiger partial charge in [0.25, 0.3) is 0 Å². The van der Waals surface area contributed by atoms with Gasteiger partial charge in [-0.15, -0.1) is 11.8 Å². The van der Waals surface area contributed by atoms with Gasteiger partial charge in [-0.3, -0.25) is 0 Å². The van der Waals surface area contributed by atoms with Crippen LogP contribution in [-0.4, -0.2) is 38.3 Å². The minimum Gasteiger partial charge on any atom is -0.313 e. The Morgan fingerprint density at radius 1 is 1.31 bits per heavy atom. The summed E-state index contributed by atoms with van der Waals surface area (Å²) < 4.78 is 0. The van der Waals surface area contributed by atoms with E-state index in [1.54, 1.807) is 0 Å². The second-order valence-corrected chi connectivity index (χ2v) is 5.34. The predicted octanol–water partition coefficient (Wildman–Crippen LogP) is 2.62. The van der Waals surface area contributed by atoms with E-state index >= 15 is 0 Å². The maximum atomic E-state index is 3.30. The highest BCUT2D eigenvalue weighted by Gasteiger charge is 2.08. The minimum absolute atomic E-state index is 0.419. The van der Waals surface area contributed by atoms with E-state index in [1.807, 2.05) is 18.8 Å². The molecule has 1 aromatic rings. The van der Waals surface area contributed by atoms with Gasteiger partial charge in [0.15, 0.2) is 0 Å². The number of thioether (sulfide) groups is 1. The van der Waals surface area contributed by atoms with E-state index in [4.69, 9.17) is 0 Å². The fraction of sp³-hybridized carbons (Fsp3) is 0.538. The van der Waals surface area contributed by atoms with Gasteiger partial charge in [-0.25, -0.2) is 0 Å². The van der Waals surface area contributed by atoms with Gasteiger partial charge in [0, 0.05) is 23.2 Å². The van der Waals surface area contributed by atoms with Crippen molar-refractivity contribution in [3.63, 3.8) is 0 Å². The van der Waals surface area contributed by atoms with E-state index in [0.29, 0.717) is 6.04 Å². The van der Waals surface area contributed by atoms with Crippen LogP contribution in [0.1, 0.15) is 18.5 Å². The maximum Gasteiger partial charge on any atom is 0.0300 e. The zero-order valence-electron chi connectivity index (χ0n) is 10.7. The third-order valence-corrected chi connectivity index (χ3v) is 3.68. The maximum absolute atomic E-state index is 3.30. The van der Waals surface area contributed by atoms with Gasteiger partial charge in [0.2, 0.25) is 0 Å². The fourth-order valence-electron chi connectivity index (χ4n) is 1.46. The Morgan fingerprint density at radius 2 is 2.00 bits per heavy atom. The second kappa shape index (κ2) is 6.94. The lowest BCUT2D eigenvalue weighted by Gasteiger charge is -2.16. The molecule has 0 heterocycles. The molecule has 0 fully saturated rings. The monoisotopic (exact) mass is 238 g/mol. The molecule has 1 aromatic carbocycles. The van der Waals surface area contributed by atoms with Crippen LogP contribution in [0.5, 0.6) is 0 Å². The molecule has 0 aromatic heterocycles. The lowest BCUT2D eigenvalue weighted by atomic mass is 10.1. The van der Waals surface area contributed by atoms with Gasteiger partial charge in [-0.2, -0.15) is 0 Å². The van der Waals surface area contributed by atoms with Crippen LogP contribution >= 0.6 is 11.8 Å². The SMILES string of the molecule is CNC(C)c1ccccc1SCCN(C)C. The van der Waals surface area contributed by atoms with Gasteiger partial charge in [-0.1, -0.05) is 18.2 Å². The lowest BCUT2D eigenvalue weighted by Crippen LogP contribution is -2.16. The van der Waals surface area contributed by atoms with Gasteiger partial charge in [0.05, 0.1) is 0 Å². The van der Waals surface area contributed by atoms with Crippen molar-refractivity contribution in [2.45, 2.75) is 17.9 Å². The molecule has 0 aliphatic carbocycles. The van der Waals surface area contributed by atoms with Crippen molar-refractivity contribution in [1.82, 2.24) is 10.2 Å². The van der Waals surface area contributed by atoms with Crippen LogP contribution in [0, 0.1) is 0 Å². The zero-order valence-corrected chi connectivity index (χ0v) is 11.5. The molecule has 0 saturated carbocycles. The summed E-state index contributed by atoms with van der Waals surface area (Å²) in [5, 5.41) is 3.30. The standard InChI is InChI=1S/C13H22N2S/c1-11(14-2)12-7-5-6-8-13(12)16-10-9-15(3)4/h5-8,11,14H,9-10H2,1-4H3. The van der Waals surface area contributed by atoms with Crippen LogP contribution < -0.4 is 5.32 Å². The summed E-state index contributed by atoms with van der Waals surface area (Å²) >= 11 is 1.94. The van der Waals surface area contributed by atoms with Crippen molar-refractivity contribution >= 4 is 11.8 Å². The molecule has 0 aliphatic heterocycles. The average Bonchev–Trinajstić information content (AvgIpc) is 2.28. The first-order chi connectivity index (χ1) is 7.65. The normalized spacial score (nSPS) is 13.1. The van der Waals surface area contributed by atoms with Crippen molar-refractivity contribution in [2.75, 3.05) is 33.4 Å². The molecule has 0 amide bonds. The minimum atomic E-state index is 0.419. The Hall–Kier alpha value is -0.510. The summed E-state index contributed by atoms with van der Waals surface area (Å²) in [4.78, 5) is 3.61. The average molecular weight is 238 g/mol. The third-order valence-electron chi connectivity index (χ3n) is 2.61. The van der Waals surface area contributed by atoms with E-state index in [-0.39, 0.29) is 0 Å². The number of benzene rings is 1. The fourth-order valence-corrected chi connectivity index (χ4v) is 2.73. The summed E-state index contributed by atoms with van der Waals surface area (Å²) in [6, 6.07) is 9.06. The van der Waals surface area contributed by atoms with Crippen LogP contribution in [-0.2, 0) is 0 Å². The molecule has 0 radical (unpaired) electrons. The number of rotatable bonds is 6. The Labute approximate surface area is 103 Å². The van der Waals surface area contributed by atoms with Crippen LogP contribution in [0.4, 0.5) is 0 Å². The quantitative estimate of drug-likeness (QED) is 0.767.